The standard InChI is InChI=1S/C13H23NOSi/c1-15-10-13(11-16(2,3)4)14-12-8-6-5-7-9-12/h5-9,13-14H,10-11H2,1-4H3. The Labute approximate surface area is 100 Å². The number of hydrogen-bond donors (Lipinski definition) is 1. The second-order valence-electron chi connectivity index (χ2n) is 5.43. The van der Waals surface area contributed by atoms with Crippen LogP contribution in [0.25, 0.3) is 0 Å². The SMILES string of the molecule is COCC(C[Si](C)(C)C)Nc1ccccc1. The van der Waals surface area contributed by atoms with Gasteiger partial charge in [0.25, 0.3) is 0 Å². The van der Waals surface area contributed by atoms with Crippen molar-refractivity contribution >= 4 is 13.8 Å². The highest BCUT2D eigenvalue weighted by Gasteiger charge is 2.20. The van der Waals surface area contributed by atoms with Gasteiger partial charge in [-0.15, -0.1) is 0 Å². The van der Waals surface area contributed by atoms with Gasteiger partial charge in [-0.3, -0.25) is 0 Å². The molecule has 0 aliphatic heterocycles. The predicted molar refractivity (Wildman–Crippen MR) is 73.9 cm³/mol. The Balaban J connectivity index is 2.58. The first-order valence-corrected chi connectivity index (χ1v) is 9.52. The maximum absolute atomic E-state index is 5.28. The lowest BCUT2D eigenvalue weighted by molar-refractivity contribution is 0.190. The molecule has 0 heterocycles. The molecule has 1 N–H and O–H groups in total. The van der Waals surface area contributed by atoms with Crippen molar-refractivity contribution in [3.05, 3.63) is 30.3 Å². The largest absolute Gasteiger partial charge is 0.383 e. The number of rotatable bonds is 6. The van der Waals surface area contributed by atoms with Crippen LogP contribution in [-0.2, 0) is 4.74 Å². The van der Waals surface area contributed by atoms with Crippen LogP contribution >= 0.6 is 0 Å². The van der Waals surface area contributed by atoms with E-state index in [-0.39, 0.29) is 0 Å². The van der Waals surface area contributed by atoms with Gasteiger partial charge in [-0.1, -0.05) is 37.8 Å². The van der Waals surface area contributed by atoms with Gasteiger partial charge >= 0.3 is 0 Å². The van der Waals surface area contributed by atoms with Crippen LogP contribution in [0.4, 0.5) is 5.69 Å². The van der Waals surface area contributed by atoms with E-state index in [2.05, 4.69) is 49.2 Å². The minimum Gasteiger partial charge on any atom is -0.383 e. The van der Waals surface area contributed by atoms with E-state index >= 15 is 0 Å². The van der Waals surface area contributed by atoms with Crippen molar-refractivity contribution in [2.24, 2.45) is 0 Å². The zero-order valence-corrected chi connectivity index (χ0v) is 11.8. The van der Waals surface area contributed by atoms with Gasteiger partial charge in [0.05, 0.1) is 6.61 Å². The molecule has 0 radical (unpaired) electrons. The van der Waals surface area contributed by atoms with Crippen molar-refractivity contribution in [3.8, 4) is 0 Å². The summed E-state index contributed by atoms with van der Waals surface area (Å²) in [7, 11) is 0.714. The zero-order chi connectivity index (χ0) is 12.0. The number of methoxy groups -OCH3 is 1. The molecule has 90 valence electrons. The first kappa shape index (κ1) is 13.3. The lowest BCUT2D eigenvalue weighted by Gasteiger charge is -2.25. The number of nitrogens with one attached hydrogen (secondary N) is 1. The molecule has 0 aromatic heterocycles. The van der Waals surface area contributed by atoms with Gasteiger partial charge in [-0.05, 0) is 18.2 Å². The first-order chi connectivity index (χ1) is 7.51. The van der Waals surface area contributed by atoms with Crippen LogP contribution in [0.5, 0.6) is 0 Å². The Bertz CT molecular complexity index is 295. The summed E-state index contributed by atoms with van der Waals surface area (Å²) in [5.41, 5.74) is 1.18. The van der Waals surface area contributed by atoms with Crippen LogP contribution in [0.15, 0.2) is 30.3 Å². The predicted octanol–water partition coefficient (Wildman–Crippen LogP) is 3.45. The van der Waals surface area contributed by atoms with Crippen LogP contribution in [-0.4, -0.2) is 27.8 Å². The molecule has 1 unspecified atom stereocenters. The second-order valence-corrected chi connectivity index (χ2v) is 11.0. The molecule has 0 aliphatic rings. The van der Waals surface area contributed by atoms with E-state index in [1.807, 2.05) is 6.07 Å². The van der Waals surface area contributed by atoms with Crippen LogP contribution in [0.1, 0.15) is 0 Å². The fourth-order valence-corrected chi connectivity index (χ4v) is 3.56. The minimum absolute atomic E-state index is 0.430. The van der Waals surface area contributed by atoms with Crippen molar-refractivity contribution in [3.63, 3.8) is 0 Å². The minimum atomic E-state index is -1.05. The summed E-state index contributed by atoms with van der Waals surface area (Å²) in [5, 5.41) is 3.55. The number of benzene rings is 1. The lowest BCUT2D eigenvalue weighted by Crippen LogP contribution is -2.34. The molecule has 0 saturated heterocycles. The van der Waals surface area contributed by atoms with Gasteiger partial charge in [0.1, 0.15) is 0 Å². The van der Waals surface area contributed by atoms with Crippen LogP contribution in [0.3, 0.4) is 0 Å². The molecule has 3 heteroatoms. The number of hydrogen-bond acceptors (Lipinski definition) is 2. The molecule has 0 saturated carbocycles. The Morgan fingerprint density at radius 1 is 1.19 bits per heavy atom. The van der Waals surface area contributed by atoms with Gasteiger partial charge in [-0.25, -0.2) is 0 Å². The van der Waals surface area contributed by atoms with Crippen molar-refractivity contribution in [1.29, 1.82) is 0 Å². The van der Waals surface area contributed by atoms with Crippen LogP contribution in [0.2, 0.25) is 25.7 Å². The molecule has 2 nitrogen and oxygen atoms in total. The lowest BCUT2D eigenvalue weighted by atomic mass is 10.3. The smallest absolute Gasteiger partial charge is 0.0661 e. The van der Waals surface area contributed by atoms with Crippen molar-refractivity contribution in [1.82, 2.24) is 0 Å². The fraction of sp³-hybridized carbons (Fsp3) is 0.538. The normalized spacial score (nSPS) is 13.5. The molecule has 1 aromatic rings. The van der Waals surface area contributed by atoms with Crippen molar-refractivity contribution in [2.45, 2.75) is 31.7 Å². The van der Waals surface area contributed by atoms with E-state index in [9.17, 15) is 0 Å². The topological polar surface area (TPSA) is 21.3 Å². The van der Waals surface area contributed by atoms with E-state index in [1.165, 1.54) is 11.7 Å². The van der Waals surface area contributed by atoms with Gasteiger partial charge < -0.3 is 10.1 Å². The third kappa shape index (κ3) is 5.33. The van der Waals surface area contributed by atoms with Crippen molar-refractivity contribution in [2.75, 3.05) is 19.0 Å². The monoisotopic (exact) mass is 237 g/mol. The molecule has 1 atom stereocenters. The third-order valence-electron chi connectivity index (χ3n) is 2.37. The number of ether oxygens (including phenoxy) is 1. The van der Waals surface area contributed by atoms with E-state index in [1.54, 1.807) is 7.11 Å². The van der Waals surface area contributed by atoms with Gasteiger partial charge in [-0.2, -0.15) is 0 Å². The fourth-order valence-electron chi connectivity index (χ4n) is 1.86. The second kappa shape index (κ2) is 6.06. The molecule has 0 spiro atoms. The summed E-state index contributed by atoms with van der Waals surface area (Å²) in [6.45, 7) is 7.95. The summed E-state index contributed by atoms with van der Waals surface area (Å²) in [5.74, 6) is 0. The van der Waals surface area contributed by atoms with E-state index in [4.69, 9.17) is 4.74 Å². The molecule has 1 rings (SSSR count). The quantitative estimate of drug-likeness (QED) is 0.765. The molecule has 1 aromatic carbocycles. The average Bonchev–Trinajstić information content (AvgIpc) is 2.17. The van der Waals surface area contributed by atoms with Gasteiger partial charge in [0.2, 0.25) is 0 Å². The summed E-state index contributed by atoms with van der Waals surface area (Å²) in [6, 6.07) is 12.0. The molecule has 16 heavy (non-hydrogen) atoms. The Hall–Kier alpha value is -0.803. The highest BCUT2D eigenvalue weighted by molar-refractivity contribution is 6.76. The van der Waals surface area contributed by atoms with Gasteiger partial charge in [0, 0.05) is 26.9 Å². The van der Waals surface area contributed by atoms with E-state index < -0.39 is 8.07 Å². The molecule has 0 fully saturated rings. The highest BCUT2D eigenvalue weighted by Crippen LogP contribution is 2.16. The van der Waals surface area contributed by atoms with Crippen molar-refractivity contribution < 1.29 is 4.74 Å². The number of para-hydroxylation sites is 1. The Morgan fingerprint density at radius 3 is 2.31 bits per heavy atom. The molecule has 0 bridgehead atoms. The average molecular weight is 237 g/mol. The molecule has 0 amide bonds. The molecule has 0 aliphatic carbocycles. The maximum atomic E-state index is 5.28. The summed E-state index contributed by atoms with van der Waals surface area (Å²) in [4.78, 5) is 0. The molecular formula is C13H23NOSi. The maximum Gasteiger partial charge on any atom is 0.0661 e. The zero-order valence-electron chi connectivity index (χ0n) is 10.8. The molecular weight excluding hydrogens is 214 g/mol. The Kier molecular flexibility index (Phi) is 5.02. The van der Waals surface area contributed by atoms with Crippen LogP contribution in [0, 0.1) is 0 Å². The van der Waals surface area contributed by atoms with Gasteiger partial charge in [0.15, 0.2) is 0 Å². The highest BCUT2D eigenvalue weighted by atomic mass is 28.3. The first-order valence-electron chi connectivity index (χ1n) is 5.82. The van der Waals surface area contributed by atoms with E-state index in [0.29, 0.717) is 6.04 Å². The summed E-state index contributed by atoms with van der Waals surface area (Å²) in [6.07, 6.45) is 0. The summed E-state index contributed by atoms with van der Waals surface area (Å²) < 4.78 is 5.28. The third-order valence-corrected chi connectivity index (χ3v) is 4.09. The van der Waals surface area contributed by atoms with E-state index in [0.717, 1.165) is 6.61 Å². The Morgan fingerprint density at radius 2 is 1.81 bits per heavy atom. The number of anilines is 1. The van der Waals surface area contributed by atoms with Crippen LogP contribution < -0.4 is 5.32 Å². The summed E-state index contributed by atoms with van der Waals surface area (Å²) >= 11 is 0.